The second-order valence-electron chi connectivity index (χ2n) is 6.78. The minimum atomic E-state index is 0.578. The van der Waals surface area contributed by atoms with Crippen molar-refractivity contribution in [2.45, 2.75) is 25.8 Å². The van der Waals surface area contributed by atoms with Gasteiger partial charge in [0.1, 0.15) is 12.1 Å². The van der Waals surface area contributed by atoms with Crippen molar-refractivity contribution in [3.05, 3.63) is 59.2 Å². The van der Waals surface area contributed by atoms with Gasteiger partial charge in [-0.25, -0.2) is 9.97 Å². The number of benzene rings is 1. The average Bonchev–Trinajstić information content (AvgIpc) is 3.08. The lowest BCUT2D eigenvalue weighted by atomic mass is 10.0. The van der Waals surface area contributed by atoms with Crippen LogP contribution in [-0.4, -0.2) is 35.6 Å². The second-order valence-corrected chi connectivity index (χ2v) is 7.66. The van der Waals surface area contributed by atoms with Gasteiger partial charge in [-0.1, -0.05) is 42.5 Å². The zero-order valence-corrected chi connectivity index (χ0v) is 15.9. The van der Waals surface area contributed by atoms with Crippen molar-refractivity contribution in [1.29, 1.82) is 0 Å². The Kier molecular flexibility index (Phi) is 5.27. The first kappa shape index (κ1) is 17.2. The molecule has 0 unspecified atom stereocenters. The van der Waals surface area contributed by atoms with Crippen LogP contribution in [0.4, 0.5) is 5.82 Å². The SMILES string of the molecule is Cc1csc2c(N3CCC(NC/C=C\c4ccccc4)CC3)ncnc12. The van der Waals surface area contributed by atoms with E-state index in [0.29, 0.717) is 6.04 Å². The maximum atomic E-state index is 4.57. The van der Waals surface area contributed by atoms with Crippen molar-refractivity contribution in [2.75, 3.05) is 24.5 Å². The molecule has 3 aromatic rings. The normalized spacial score (nSPS) is 16.0. The molecule has 5 heteroatoms. The predicted molar refractivity (Wildman–Crippen MR) is 111 cm³/mol. The maximum absolute atomic E-state index is 4.57. The number of thiophene rings is 1. The van der Waals surface area contributed by atoms with Crippen LogP contribution in [0.25, 0.3) is 16.3 Å². The topological polar surface area (TPSA) is 41.0 Å². The van der Waals surface area contributed by atoms with Gasteiger partial charge in [0, 0.05) is 25.7 Å². The Labute approximate surface area is 158 Å². The van der Waals surface area contributed by atoms with Gasteiger partial charge in [-0.15, -0.1) is 11.3 Å². The van der Waals surface area contributed by atoms with Gasteiger partial charge in [0.15, 0.2) is 0 Å². The molecule has 0 radical (unpaired) electrons. The zero-order valence-electron chi connectivity index (χ0n) is 15.1. The molecule has 0 aliphatic carbocycles. The minimum Gasteiger partial charge on any atom is -0.355 e. The Hall–Kier alpha value is -2.24. The molecule has 3 heterocycles. The van der Waals surface area contributed by atoms with Crippen LogP contribution in [0, 0.1) is 6.92 Å². The van der Waals surface area contributed by atoms with E-state index in [1.807, 2.05) is 6.07 Å². The Morgan fingerprint density at radius 3 is 2.81 bits per heavy atom. The van der Waals surface area contributed by atoms with E-state index in [2.05, 4.69) is 68.9 Å². The van der Waals surface area contributed by atoms with Crippen molar-refractivity contribution < 1.29 is 0 Å². The summed E-state index contributed by atoms with van der Waals surface area (Å²) in [5.74, 6) is 1.11. The molecule has 1 aliphatic rings. The van der Waals surface area contributed by atoms with Crippen molar-refractivity contribution in [2.24, 2.45) is 0 Å². The molecule has 4 rings (SSSR count). The fourth-order valence-corrected chi connectivity index (χ4v) is 4.49. The molecule has 1 aliphatic heterocycles. The van der Waals surface area contributed by atoms with E-state index in [1.54, 1.807) is 17.7 Å². The van der Waals surface area contributed by atoms with Crippen molar-refractivity contribution >= 4 is 33.4 Å². The van der Waals surface area contributed by atoms with Gasteiger partial charge in [0.05, 0.1) is 10.2 Å². The lowest BCUT2D eigenvalue weighted by Gasteiger charge is -2.33. The number of nitrogens with one attached hydrogen (secondary N) is 1. The Bertz CT molecular complexity index is 879. The van der Waals surface area contributed by atoms with Crippen LogP contribution >= 0.6 is 11.3 Å². The molecular weight excluding hydrogens is 340 g/mol. The van der Waals surface area contributed by atoms with Crippen LogP contribution in [0.15, 0.2) is 48.1 Å². The van der Waals surface area contributed by atoms with Gasteiger partial charge in [-0.2, -0.15) is 0 Å². The number of piperidine rings is 1. The number of anilines is 1. The van der Waals surface area contributed by atoms with E-state index < -0.39 is 0 Å². The van der Waals surface area contributed by atoms with E-state index in [0.717, 1.165) is 43.8 Å². The highest BCUT2D eigenvalue weighted by Crippen LogP contribution is 2.32. The molecule has 1 N–H and O–H groups in total. The van der Waals surface area contributed by atoms with Gasteiger partial charge >= 0.3 is 0 Å². The summed E-state index contributed by atoms with van der Waals surface area (Å²) < 4.78 is 1.22. The smallest absolute Gasteiger partial charge is 0.150 e. The van der Waals surface area contributed by atoms with Gasteiger partial charge < -0.3 is 10.2 Å². The van der Waals surface area contributed by atoms with Crippen LogP contribution < -0.4 is 10.2 Å². The number of rotatable bonds is 5. The lowest BCUT2D eigenvalue weighted by Crippen LogP contribution is -2.42. The number of hydrogen-bond donors (Lipinski definition) is 1. The number of hydrogen-bond acceptors (Lipinski definition) is 5. The summed E-state index contributed by atoms with van der Waals surface area (Å²) >= 11 is 1.76. The summed E-state index contributed by atoms with van der Waals surface area (Å²) in [5.41, 5.74) is 3.60. The molecule has 1 aromatic carbocycles. The van der Waals surface area contributed by atoms with Crippen molar-refractivity contribution in [3.8, 4) is 0 Å². The van der Waals surface area contributed by atoms with Gasteiger partial charge in [-0.05, 0) is 36.3 Å². The Morgan fingerprint density at radius 1 is 1.19 bits per heavy atom. The maximum Gasteiger partial charge on any atom is 0.150 e. The van der Waals surface area contributed by atoms with E-state index >= 15 is 0 Å². The van der Waals surface area contributed by atoms with Gasteiger partial charge in [-0.3, -0.25) is 0 Å². The van der Waals surface area contributed by atoms with Gasteiger partial charge in [0.2, 0.25) is 0 Å². The molecule has 0 amide bonds. The second kappa shape index (κ2) is 7.98. The molecule has 0 spiro atoms. The fraction of sp³-hybridized carbons (Fsp3) is 0.333. The largest absolute Gasteiger partial charge is 0.355 e. The molecule has 0 bridgehead atoms. The Balaban J connectivity index is 1.31. The predicted octanol–water partition coefficient (Wildman–Crippen LogP) is 4.27. The number of aryl methyl sites for hydroxylation is 1. The number of nitrogens with zero attached hydrogens (tertiary/aromatic N) is 3. The molecular formula is C21H24N4S. The quantitative estimate of drug-likeness (QED) is 0.734. The highest BCUT2D eigenvalue weighted by molar-refractivity contribution is 7.18. The van der Waals surface area contributed by atoms with Crippen LogP contribution in [0.2, 0.25) is 0 Å². The fourth-order valence-electron chi connectivity index (χ4n) is 3.47. The number of fused-ring (bicyclic) bond motifs is 1. The Morgan fingerprint density at radius 2 is 2.00 bits per heavy atom. The minimum absolute atomic E-state index is 0.578. The average molecular weight is 365 g/mol. The van der Waals surface area contributed by atoms with Crippen molar-refractivity contribution in [3.63, 3.8) is 0 Å². The van der Waals surface area contributed by atoms with Crippen molar-refractivity contribution in [1.82, 2.24) is 15.3 Å². The van der Waals surface area contributed by atoms with E-state index in [-0.39, 0.29) is 0 Å². The first-order valence-corrected chi connectivity index (χ1v) is 10.1. The number of aromatic nitrogens is 2. The summed E-state index contributed by atoms with van der Waals surface area (Å²) in [6.07, 6.45) is 8.39. The highest BCUT2D eigenvalue weighted by Gasteiger charge is 2.21. The summed E-state index contributed by atoms with van der Waals surface area (Å²) in [6, 6.07) is 11.0. The van der Waals surface area contributed by atoms with E-state index in [9.17, 15) is 0 Å². The first-order chi connectivity index (χ1) is 12.8. The molecule has 0 atom stereocenters. The first-order valence-electron chi connectivity index (χ1n) is 9.20. The van der Waals surface area contributed by atoms with E-state index in [1.165, 1.54) is 15.8 Å². The highest BCUT2D eigenvalue weighted by atomic mass is 32.1. The summed E-state index contributed by atoms with van der Waals surface area (Å²) in [5, 5.41) is 5.84. The third-order valence-corrected chi connectivity index (χ3v) is 6.02. The molecule has 4 nitrogen and oxygen atoms in total. The molecule has 2 aromatic heterocycles. The monoisotopic (exact) mass is 364 g/mol. The van der Waals surface area contributed by atoms with Crippen LogP contribution in [0.5, 0.6) is 0 Å². The van der Waals surface area contributed by atoms with Crippen LogP contribution in [0.1, 0.15) is 24.0 Å². The summed E-state index contributed by atoms with van der Waals surface area (Å²) in [4.78, 5) is 11.4. The summed E-state index contributed by atoms with van der Waals surface area (Å²) in [7, 11) is 0. The molecule has 1 fully saturated rings. The summed E-state index contributed by atoms with van der Waals surface area (Å²) in [6.45, 7) is 5.13. The standard InChI is InChI=1S/C21H24N4S/c1-16-14-26-20-19(16)23-15-24-21(20)25-12-9-18(10-13-25)22-11-5-8-17-6-3-2-4-7-17/h2-8,14-15,18,22H,9-13H2,1H3/b8-5-. The molecule has 134 valence electrons. The zero-order chi connectivity index (χ0) is 17.8. The lowest BCUT2D eigenvalue weighted by molar-refractivity contribution is 0.429. The van der Waals surface area contributed by atoms with E-state index in [4.69, 9.17) is 0 Å². The van der Waals surface area contributed by atoms with Crippen LogP contribution in [-0.2, 0) is 0 Å². The molecule has 1 saturated heterocycles. The van der Waals surface area contributed by atoms with Gasteiger partial charge in [0.25, 0.3) is 0 Å². The third kappa shape index (κ3) is 3.79. The molecule has 26 heavy (non-hydrogen) atoms. The van der Waals surface area contributed by atoms with Crippen LogP contribution in [0.3, 0.4) is 0 Å². The third-order valence-electron chi connectivity index (χ3n) is 4.94. The molecule has 0 saturated carbocycles.